The van der Waals surface area contributed by atoms with Crippen molar-refractivity contribution >= 4 is 5.91 Å². The van der Waals surface area contributed by atoms with Gasteiger partial charge in [0.05, 0.1) is 18.8 Å². The van der Waals surface area contributed by atoms with Crippen molar-refractivity contribution in [3.63, 3.8) is 0 Å². The average Bonchev–Trinajstić information content (AvgIpc) is 2.38. The average molecular weight is 257 g/mol. The predicted octanol–water partition coefficient (Wildman–Crippen LogP) is 0.339. The number of morpholine rings is 1. The van der Waals surface area contributed by atoms with E-state index in [1.165, 1.54) is 0 Å². The van der Waals surface area contributed by atoms with Gasteiger partial charge in [-0.25, -0.2) is 0 Å². The molecule has 3 unspecified atom stereocenters. The third kappa shape index (κ3) is 4.23. The topological polar surface area (TPSA) is 67.6 Å². The maximum absolute atomic E-state index is 12.0. The lowest BCUT2D eigenvalue weighted by Crippen LogP contribution is -2.57. The Bertz CT molecular complexity index is 261. The molecule has 0 aliphatic carbocycles. The molecule has 18 heavy (non-hydrogen) atoms. The molecular formula is C13H27N3O2. The first kappa shape index (κ1) is 15.4. The summed E-state index contributed by atoms with van der Waals surface area (Å²) in [4.78, 5) is 14.2. The van der Waals surface area contributed by atoms with Gasteiger partial charge >= 0.3 is 0 Å². The van der Waals surface area contributed by atoms with Crippen LogP contribution in [0.2, 0.25) is 0 Å². The number of carbonyl (C=O) groups is 1. The van der Waals surface area contributed by atoms with Crippen LogP contribution in [0.5, 0.6) is 0 Å². The zero-order chi connectivity index (χ0) is 13.5. The van der Waals surface area contributed by atoms with E-state index in [-0.39, 0.29) is 24.1 Å². The number of amides is 1. The Hall–Kier alpha value is -0.650. The van der Waals surface area contributed by atoms with Crippen molar-refractivity contribution < 1.29 is 9.53 Å². The minimum absolute atomic E-state index is 0.0482. The molecule has 5 nitrogen and oxygen atoms in total. The molecular weight excluding hydrogens is 230 g/mol. The van der Waals surface area contributed by atoms with E-state index in [9.17, 15) is 4.79 Å². The molecule has 5 heteroatoms. The lowest BCUT2D eigenvalue weighted by molar-refractivity contribution is -0.132. The second-order valence-corrected chi connectivity index (χ2v) is 5.06. The molecule has 0 aromatic heterocycles. The Morgan fingerprint density at radius 2 is 2.33 bits per heavy atom. The first-order valence-corrected chi connectivity index (χ1v) is 6.95. The van der Waals surface area contributed by atoms with E-state index < -0.39 is 0 Å². The molecule has 1 aliphatic heterocycles. The highest BCUT2D eigenvalue weighted by atomic mass is 16.5. The Morgan fingerprint density at radius 3 is 2.94 bits per heavy atom. The smallest absolute Gasteiger partial charge is 0.237 e. The fourth-order valence-corrected chi connectivity index (χ4v) is 2.21. The van der Waals surface area contributed by atoms with Crippen molar-refractivity contribution in [2.75, 3.05) is 26.2 Å². The van der Waals surface area contributed by atoms with Crippen molar-refractivity contribution in [1.29, 1.82) is 0 Å². The minimum atomic E-state index is -0.116. The molecule has 1 heterocycles. The summed E-state index contributed by atoms with van der Waals surface area (Å²) in [7, 11) is 0. The van der Waals surface area contributed by atoms with Crippen molar-refractivity contribution in [2.45, 2.75) is 51.8 Å². The van der Waals surface area contributed by atoms with Crippen molar-refractivity contribution in [1.82, 2.24) is 10.2 Å². The van der Waals surface area contributed by atoms with Gasteiger partial charge in [-0.2, -0.15) is 0 Å². The van der Waals surface area contributed by atoms with Gasteiger partial charge in [-0.15, -0.1) is 0 Å². The Balaban J connectivity index is 2.47. The van der Waals surface area contributed by atoms with Crippen LogP contribution in [0.4, 0.5) is 0 Å². The summed E-state index contributed by atoms with van der Waals surface area (Å²) in [5.74, 6) is 0.105. The lowest BCUT2D eigenvalue weighted by Gasteiger charge is -2.40. The van der Waals surface area contributed by atoms with Crippen molar-refractivity contribution in [2.24, 2.45) is 5.73 Å². The molecule has 106 valence electrons. The molecule has 0 radical (unpaired) electrons. The molecule has 1 amide bonds. The Kier molecular flexibility index (Phi) is 6.60. The third-order valence-corrected chi connectivity index (χ3v) is 3.52. The van der Waals surface area contributed by atoms with Gasteiger partial charge in [-0.05, 0) is 20.3 Å². The van der Waals surface area contributed by atoms with Crippen LogP contribution in [0.15, 0.2) is 0 Å². The molecule has 3 atom stereocenters. The highest BCUT2D eigenvalue weighted by molar-refractivity contribution is 5.81. The maximum Gasteiger partial charge on any atom is 0.237 e. The highest BCUT2D eigenvalue weighted by Crippen LogP contribution is 2.14. The molecule has 0 aromatic rings. The van der Waals surface area contributed by atoms with Crippen LogP contribution in [0.25, 0.3) is 0 Å². The van der Waals surface area contributed by atoms with E-state index in [2.05, 4.69) is 24.1 Å². The summed E-state index contributed by atoms with van der Waals surface area (Å²) < 4.78 is 5.60. The summed E-state index contributed by atoms with van der Waals surface area (Å²) in [5, 5.41) is 2.98. The standard InChI is InChI=1S/C13H27N3O2/c1-4-5-6-15-13(17)11(3)16-8-12(7-14)18-9-10(16)2/h10-12H,4-9,14H2,1-3H3,(H,15,17). The summed E-state index contributed by atoms with van der Waals surface area (Å²) in [6.45, 7) is 8.81. The maximum atomic E-state index is 12.0. The number of carbonyl (C=O) groups excluding carboxylic acids is 1. The number of hydrogen-bond acceptors (Lipinski definition) is 4. The summed E-state index contributed by atoms with van der Waals surface area (Å²) in [6, 6.07) is 0.148. The van der Waals surface area contributed by atoms with Crippen LogP contribution in [0.3, 0.4) is 0 Å². The molecule has 1 aliphatic rings. The van der Waals surface area contributed by atoms with Crippen molar-refractivity contribution in [3.8, 4) is 0 Å². The van der Waals surface area contributed by atoms with Crippen LogP contribution in [0.1, 0.15) is 33.6 Å². The first-order valence-electron chi connectivity index (χ1n) is 6.95. The molecule has 1 rings (SSSR count). The zero-order valence-corrected chi connectivity index (χ0v) is 11.8. The van der Waals surface area contributed by atoms with Crippen LogP contribution in [0, 0.1) is 0 Å². The molecule has 0 bridgehead atoms. The summed E-state index contributed by atoms with van der Waals surface area (Å²) in [5.41, 5.74) is 5.63. The van der Waals surface area contributed by atoms with Crippen LogP contribution in [-0.4, -0.2) is 55.2 Å². The Labute approximate surface area is 110 Å². The van der Waals surface area contributed by atoms with E-state index in [4.69, 9.17) is 10.5 Å². The fourth-order valence-electron chi connectivity index (χ4n) is 2.21. The van der Waals surface area contributed by atoms with E-state index in [1.54, 1.807) is 0 Å². The number of hydrogen-bond donors (Lipinski definition) is 2. The van der Waals surface area contributed by atoms with Gasteiger partial charge < -0.3 is 15.8 Å². The minimum Gasteiger partial charge on any atom is -0.374 e. The normalized spacial score (nSPS) is 26.9. The van der Waals surface area contributed by atoms with Gasteiger partial charge in [0.15, 0.2) is 0 Å². The molecule has 1 saturated heterocycles. The van der Waals surface area contributed by atoms with E-state index in [1.807, 2.05) is 6.92 Å². The van der Waals surface area contributed by atoms with E-state index in [0.717, 1.165) is 25.9 Å². The predicted molar refractivity (Wildman–Crippen MR) is 72.3 cm³/mol. The molecule has 0 saturated carbocycles. The highest BCUT2D eigenvalue weighted by Gasteiger charge is 2.31. The molecule has 0 aromatic carbocycles. The van der Waals surface area contributed by atoms with Crippen LogP contribution >= 0.6 is 0 Å². The quantitative estimate of drug-likeness (QED) is 0.673. The molecule has 3 N–H and O–H groups in total. The third-order valence-electron chi connectivity index (χ3n) is 3.52. The number of rotatable bonds is 6. The summed E-state index contributed by atoms with van der Waals surface area (Å²) in [6.07, 6.45) is 2.17. The van der Waals surface area contributed by atoms with Gasteiger partial charge in [0.1, 0.15) is 0 Å². The number of nitrogens with zero attached hydrogens (tertiary/aromatic N) is 1. The van der Waals surface area contributed by atoms with Gasteiger partial charge in [0, 0.05) is 25.7 Å². The van der Waals surface area contributed by atoms with Crippen LogP contribution in [-0.2, 0) is 9.53 Å². The molecule has 0 spiro atoms. The largest absolute Gasteiger partial charge is 0.374 e. The van der Waals surface area contributed by atoms with Gasteiger partial charge in [0.25, 0.3) is 0 Å². The monoisotopic (exact) mass is 257 g/mol. The number of ether oxygens (including phenoxy) is 1. The summed E-state index contributed by atoms with van der Waals surface area (Å²) >= 11 is 0. The van der Waals surface area contributed by atoms with E-state index in [0.29, 0.717) is 13.2 Å². The number of nitrogens with one attached hydrogen (secondary N) is 1. The first-order chi connectivity index (χ1) is 8.60. The van der Waals surface area contributed by atoms with Gasteiger partial charge in [-0.1, -0.05) is 13.3 Å². The fraction of sp³-hybridized carbons (Fsp3) is 0.923. The van der Waals surface area contributed by atoms with E-state index >= 15 is 0 Å². The lowest BCUT2D eigenvalue weighted by atomic mass is 10.1. The van der Waals surface area contributed by atoms with Gasteiger partial charge in [-0.3, -0.25) is 9.69 Å². The zero-order valence-electron chi connectivity index (χ0n) is 11.8. The van der Waals surface area contributed by atoms with Crippen molar-refractivity contribution in [3.05, 3.63) is 0 Å². The number of nitrogens with two attached hydrogens (primary N) is 1. The molecule has 1 fully saturated rings. The van der Waals surface area contributed by atoms with Gasteiger partial charge in [0.2, 0.25) is 5.91 Å². The van der Waals surface area contributed by atoms with Crippen LogP contribution < -0.4 is 11.1 Å². The SMILES string of the molecule is CCCCNC(=O)C(C)N1CC(CN)OCC1C. The Morgan fingerprint density at radius 1 is 1.61 bits per heavy atom. The number of unbranched alkanes of at least 4 members (excludes halogenated alkanes) is 1. The second kappa shape index (κ2) is 7.71. The second-order valence-electron chi connectivity index (χ2n) is 5.06.